The minimum absolute atomic E-state index is 0.0470. The zero-order chi connectivity index (χ0) is 10.6. The number of carbonyl (C=O) groups excluding carboxylic acids is 1. The van der Waals surface area contributed by atoms with Gasteiger partial charge in [0.2, 0.25) is 5.91 Å². The lowest BCUT2D eigenvalue weighted by Gasteiger charge is -2.05. The van der Waals surface area contributed by atoms with Crippen molar-refractivity contribution in [1.82, 2.24) is 0 Å². The summed E-state index contributed by atoms with van der Waals surface area (Å²) in [4.78, 5) is 10.5. The van der Waals surface area contributed by atoms with Crippen molar-refractivity contribution < 1.29 is 4.79 Å². The molecule has 0 aliphatic carbocycles. The fourth-order valence-electron chi connectivity index (χ4n) is 0.964. The van der Waals surface area contributed by atoms with Crippen LogP contribution in [0.2, 0.25) is 0 Å². The van der Waals surface area contributed by atoms with Gasteiger partial charge in [-0.05, 0) is 18.2 Å². The van der Waals surface area contributed by atoms with Gasteiger partial charge in [-0.2, -0.15) is 5.26 Å². The highest BCUT2D eigenvalue weighted by Gasteiger charge is 2.00. The number of hydrogen-bond donors (Lipinski definition) is 3. The maximum absolute atomic E-state index is 10.5. The van der Waals surface area contributed by atoms with Gasteiger partial charge in [-0.1, -0.05) is 0 Å². The van der Waals surface area contributed by atoms with E-state index in [1.54, 1.807) is 18.2 Å². The zero-order valence-electron chi connectivity index (χ0n) is 7.45. The predicted molar refractivity (Wildman–Crippen MR) is 53.3 cm³/mol. The maximum Gasteiger partial charge on any atom is 0.236 e. The summed E-state index contributed by atoms with van der Waals surface area (Å²) in [5, 5.41) is 11.4. The molecule has 5 N–H and O–H groups in total. The first kappa shape index (κ1) is 9.86. The van der Waals surface area contributed by atoms with E-state index in [1.165, 1.54) is 0 Å². The standard InChI is InChI=1S/C9H10N4O/c10-4-6-1-2-7(3-8(6)11)13-5-9(12)14/h1-3,13H,5,11H2,(H2,12,14). The first-order valence-electron chi connectivity index (χ1n) is 3.95. The van der Waals surface area contributed by atoms with E-state index < -0.39 is 5.91 Å². The minimum Gasteiger partial charge on any atom is -0.398 e. The summed E-state index contributed by atoms with van der Waals surface area (Å²) in [5.41, 5.74) is 12.0. The fourth-order valence-corrected chi connectivity index (χ4v) is 0.964. The molecule has 0 atom stereocenters. The highest BCUT2D eigenvalue weighted by Crippen LogP contribution is 2.16. The number of carbonyl (C=O) groups is 1. The lowest BCUT2D eigenvalue weighted by molar-refractivity contribution is -0.116. The van der Waals surface area contributed by atoms with Gasteiger partial charge in [0.05, 0.1) is 17.8 Å². The number of nitrogen functional groups attached to an aromatic ring is 1. The summed E-state index contributed by atoms with van der Waals surface area (Å²) in [5.74, 6) is -0.451. The van der Waals surface area contributed by atoms with Crippen LogP contribution >= 0.6 is 0 Å². The van der Waals surface area contributed by atoms with Crippen molar-refractivity contribution in [2.24, 2.45) is 5.73 Å². The van der Waals surface area contributed by atoms with Crippen molar-refractivity contribution in [1.29, 1.82) is 5.26 Å². The van der Waals surface area contributed by atoms with Gasteiger partial charge >= 0.3 is 0 Å². The molecule has 0 aliphatic rings. The molecule has 1 aromatic rings. The molecule has 0 radical (unpaired) electrons. The second-order valence-corrected chi connectivity index (χ2v) is 2.73. The Bertz CT molecular complexity index is 394. The van der Waals surface area contributed by atoms with Gasteiger partial charge in [0.15, 0.2) is 0 Å². The molecule has 0 unspecified atom stereocenters. The van der Waals surface area contributed by atoms with Gasteiger partial charge in [0.25, 0.3) is 0 Å². The molecule has 14 heavy (non-hydrogen) atoms. The molecule has 0 aromatic heterocycles. The summed E-state index contributed by atoms with van der Waals surface area (Å²) in [6.45, 7) is 0.0470. The fraction of sp³-hybridized carbons (Fsp3) is 0.111. The molecule has 1 rings (SSSR count). The Labute approximate surface area is 81.3 Å². The number of hydrogen-bond acceptors (Lipinski definition) is 4. The quantitative estimate of drug-likeness (QED) is 0.585. The number of benzene rings is 1. The third kappa shape index (κ3) is 2.38. The molecular formula is C9H10N4O. The van der Waals surface area contributed by atoms with E-state index in [0.29, 0.717) is 16.9 Å². The van der Waals surface area contributed by atoms with Crippen LogP contribution in [-0.2, 0) is 4.79 Å². The monoisotopic (exact) mass is 190 g/mol. The Kier molecular flexibility index (Phi) is 2.92. The molecule has 1 amide bonds. The van der Waals surface area contributed by atoms with Crippen LogP contribution in [0.25, 0.3) is 0 Å². The van der Waals surface area contributed by atoms with Crippen molar-refractivity contribution in [3.63, 3.8) is 0 Å². The van der Waals surface area contributed by atoms with E-state index in [1.807, 2.05) is 6.07 Å². The molecule has 0 spiro atoms. The number of amides is 1. The van der Waals surface area contributed by atoms with Crippen LogP contribution in [0.1, 0.15) is 5.56 Å². The number of nitriles is 1. The van der Waals surface area contributed by atoms with Gasteiger partial charge in [-0.15, -0.1) is 0 Å². The Morgan fingerprint density at radius 3 is 2.79 bits per heavy atom. The van der Waals surface area contributed by atoms with Crippen LogP contribution in [0, 0.1) is 11.3 Å². The van der Waals surface area contributed by atoms with Gasteiger partial charge < -0.3 is 16.8 Å². The SMILES string of the molecule is N#Cc1ccc(NCC(N)=O)cc1N. The van der Waals surface area contributed by atoms with Crippen LogP contribution in [0.15, 0.2) is 18.2 Å². The molecule has 0 heterocycles. The average molecular weight is 190 g/mol. The van der Waals surface area contributed by atoms with Crippen molar-refractivity contribution >= 4 is 17.3 Å². The summed E-state index contributed by atoms with van der Waals surface area (Å²) >= 11 is 0. The van der Waals surface area contributed by atoms with Crippen LogP contribution in [0.4, 0.5) is 11.4 Å². The average Bonchev–Trinajstić information content (AvgIpc) is 2.15. The predicted octanol–water partition coefficient (Wildman–Crippen LogP) is 0.0377. The van der Waals surface area contributed by atoms with Gasteiger partial charge in [0, 0.05) is 5.69 Å². The van der Waals surface area contributed by atoms with E-state index in [2.05, 4.69) is 5.32 Å². The number of nitrogens with two attached hydrogens (primary N) is 2. The Morgan fingerprint density at radius 2 is 2.29 bits per heavy atom. The smallest absolute Gasteiger partial charge is 0.236 e. The van der Waals surface area contributed by atoms with Crippen LogP contribution < -0.4 is 16.8 Å². The topological polar surface area (TPSA) is 105 Å². The van der Waals surface area contributed by atoms with Gasteiger partial charge in [-0.25, -0.2) is 0 Å². The molecule has 0 bridgehead atoms. The highest BCUT2D eigenvalue weighted by atomic mass is 16.1. The molecule has 0 saturated heterocycles. The number of nitrogens with zero attached hydrogens (tertiary/aromatic N) is 1. The van der Waals surface area contributed by atoms with E-state index in [4.69, 9.17) is 16.7 Å². The van der Waals surface area contributed by atoms with E-state index in [9.17, 15) is 4.79 Å². The second-order valence-electron chi connectivity index (χ2n) is 2.73. The molecule has 0 aliphatic heterocycles. The van der Waals surface area contributed by atoms with Gasteiger partial charge in [0.1, 0.15) is 6.07 Å². The largest absolute Gasteiger partial charge is 0.398 e. The van der Waals surface area contributed by atoms with Crippen LogP contribution in [0.5, 0.6) is 0 Å². The first-order chi connectivity index (χ1) is 6.63. The van der Waals surface area contributed by atoms with Crippen molar-refractivity contribution in [3.8, 4) is 6.07 Å². The Hall–Kier alpha value is -2.22. The lowest BCUT2D eigenvalue weighted by atomic mass is 10.2. The minimum atomic E-state index is -0.451. The molecule has 5 heteroatoms. The van der Waals surface area contributed by atoms with Crippen LogP contribution in [-0.4, -0.2) is 12.5 Å². The third-order valence-electron chi connectivity index (χ3n) is 1.64. The molecule has 5 nitrogen and oxygen atoms in total. The normalized spacial score (nSPS) is 9.07. The summed E-state index contributed by atoms with van der Waals surface area (Å²) in [7, 11) is 0. The van der Waals surface area contributed by atoms with E-state index in [0.717, 1.165) is 0 Å². The van der Waals surface area contributed by atoms with Gasteiger partial charge in [-0.3, -0.25) is 4.79 Å². The highest BCUT2D eigenvalue weighted by molar-refractivity contribution is 5.79. The molecule has 1 aromatic carbocycles. The zero-order valence-corrected chi connectivity index (χ0v) is 7.45. The second kappa shape index (κ2) is 4.14. The van der Waals surface area contributed by atoms with Crippen LogP contribution in [0.3, 0.4) is 0 Å². The number of nitrogens with one attached hydrogen (secondary N) is 1. The Morgan fingerprint density at radius 1 is 1.57 bits per heavy atom. The van der Waals surface area contributed by atoms with Crippen molar-refractivity contribution in [2.75, 3.05) is 17.6 Å². The number of primary amides is 1. The number of rotatable bonds is 3. The first-order valence-corrected chi connectivity index (χ1v) is 3.95. The summed E-state index contributed by atoms with van der Waals surface area (Å²) in [6, 6.07) is 6.77. The number of anilines is 2. The summed E-state index contributed by atoms with van der Waals surface area (Å²) < 4.78 is 0. The Balaban J connectivity index is 2.77. The van der Waals surface area contributed by atoms with E-state index >= 15 is 0 Å². The maximum atomic E-state index is 10.5. The van der Waals surface area contributed by atoms with Crippen molar-refractivity contribution in [2.45, 2.75) is 0 Å². The lowest BCUT2D eigenvalue weighted by Crippen LogP contribution is -2.21. The summed E-state index contributed by atoms with van der Waals surface area (Å²) in [6.07, 6.45) is 0. The van der Waals surface area contributed by atoms with Crippen molar-refractivity contribution in [3.05, 3.63) is 23.8 Å². The molecule has 0 saturated carbocycles. The van der Waals surface area contributed by atoms with E-state index in [-0.39, 0.29) is 6.54 Å². The third-order valence-corrected chi connectivity index (χ3v) is 1.64. The molecule has 72 valence electrons. The molecule has 0 fully saturated rings. The molecular weight excluding hydrogens is 180 g/mol.